The number of hydrogen-bond donors (Lipinski definition) is 0. The maximum Gasteiger partial charge on any atom is 0.157 e. The Morgan fingerprint density at radius 1 is 1.53 bits per heavy atom. The van der Waals surface area contributed by atoms with Crippen molar-refractivity contribution in [3.05, 3.63) is 16.4 Å². The van der Waals surface area contributed by atoms with Crippen LogP contribution >= 0.6 is 11.6 Å². The van der Waals surface area contributed by atoms with Gasteiger partial charge in [0.1, 0.15) is 10.4 Å². The summed E-state index contributed by atoms with van der Waals surface area (Å²) >= 11 is 5.98. The third-order valence-electron chi connectivity index (χ3n) is 2.72. The summed E-state index contributed by atoms with van der Waals surface area (Å²) < 4.78 is 24.0. The summed E-state index contributed by atoms with van der Waals surface area (Å²) in [5, 5.41) is 3.42. The highest BCUT2D eigenvalue weighted by Crippen LogP contribution is 2.20. The molecule has 0 amide bonds. The molecule has 0 bridgehead atoms. The van der Waals surface area contributed by atoms with E-state index >= 15 is 0 Å². The number of nitrogens with zero attached hydrogens (tertiary/aromatic N) is 2. The quantitative estimate of drug-likeness (QED) is 0.821. The van der Waals surface area contributed by atoms with Crippen molar-refractivity contribution in [1.29, 1.82) is 0 Å². The number of halogens is 1. The standard InChI is InChI=1S/C10H15ClN2O3S/c1-6-8(10(11)13(3)12-6)5-9(14)7(2)17(4,15)16/h7H,5H2,1-4H3. The van der Waals surface area contributed by atoms with Gasteiger partial charge in [0.05, 0.1) is 5.69 Å². The molecule has 1 rings (SSSR count). The lowest BCUT2D eigenvalue weighted by Crippen LogP contribution is -2.27. The third-order valence-corrected chi connectivity index (χ3v) is 4.74. The van der Waals surface area contributed by atoms with Crippen LogP contribution in [0.2, 0.25) is 5.15 Å². The first kappa shape index (κ1) is 14.2. The molecule has 96 valence electrons. The van der Waals surface area contributed by atoms with Gasteiger partial charge in [0.15, 0.2) is 15.6 Å². The molecule has 0 aliphatic heterocycles. The fourth-order valence-electron chi connectivity index (χ4n) is 1.43. The van der Waals surface area contributed by atoms with Crippen molar-refractivity contribution in [1.82, 2.24) is 9.78 Å². The molecule has 0 saturated heterocycles. The van der Waals surface area contributed by atoms with Crippen LogP contribution < -0.4 is 0 Å². The molecule has 0 aliphatic carbocycles. The number of carbonyl (C=O) groups excluding carboxylic acids is 1. The first-order valence-electron chi connectivity index (χ1n) is 5.04. The Bertz CT molecular complexity index is 548. The second-order valence-electron chi connectivity index (χ2n) is 4.09. The van der Waals surface area contributed by atoms with Crippen molar-refractivity contribution < 1.29 is 13.2 Å². The molecule has 0 aliphatic rings. The smallest absolute Gasteiger partial charge is 0.157 e. The number of carbonyl (C=O) groups is 1. The average molecular weight is 279 g/mol. The van der Waals surface area contributed by atoms with E-state index in [1.807, 2.05) is 0 Å². The summed E-state index contributed by atoms with van der Waals surface area (Å²) in [6.07, 6.45) is 1.04. The highest BCUT2D eigenvalue weighted by Gasteiger charge is 2.25. The van der Waals surface area contributed by atoms with Crippen LogP contribution in [0.25, 0.3) is 0 Å². The Morgan fingerprint density at radius 3 is 2.41 bits per heavy atom. The number of hydrogen-bond acceptors (Lipinski definition) is 4. The zero-order valence-corrected chi connectivity index (χ0v) is 11.8. The van der Waals surface area contributed by atoms with Gasteiger partial charge < -0.3 is 0 Å². The zero-order chi connectivity index (χ0) is 13.4. The Balaban J connectivity index is 2.97. The average Bonchev–Trinajstić information content (AvgIpc) is 2.42. The van der Waals surface area contributed by atoms with Crippen LogP contribution in [-0.2, 0) is 28.1 Å². The molecule has 1 unspecified atom stereocenters. The topological polar surface area (TPSA) is 69.0 Å². The fourth-order valence-corrected chi connectivity index (χ4v) is 2.23. The Kier molecular flexibility index (Phi) is 3.99. The SMILES string of the molecule is Cc1nn(C)c(Cl)c1CC(=O)C(C)S(C)(=O)=O. The largest absolute Gasteiger partial charge is 0.298 e. The molecule has 5 nitrogen and oxygen atoms in total. The second kappa shape index (κ2) is 4.78. The van der Waals surface area contributed by atoms with Crippen LogP contribution in [0, 0.1) is 6.92 Å². The van der Waals surface area contributed by atoms with E-state index in [-0.39, 0.29) is 12.2 Å². The summed E-state index contributed by atoms with van der Waals surface area (Å²) in [5.41, 5.74) is 1.24. The van der Waals surface area contributed by atoms with Crippen LogP contribution in [0.1, 0.15) is 18.2 Å². The number of rotatable bonds is 4. The summed E-state index contributed by atoms with van der Waals surface area (Å²) in [7, 11) is -1.69. The molecule has 1 heterocycles. The van der Waals surface area contributed by atoms with E-state index in [4.69, 9.17) is 11.6 Å². The zero-order valence-electron chi connectivity index (χ0n) is 10.2. The Morgan fingerprint density at radius 2 is 2.06 bits per heavy atom. The first-order chi connectivity index (χ1) is 7.64. The summed E-state index contributed by atoms with van der Waals surface area (Å²) in [6.45, 7) is 3.12. The molecular weight excluding hydrogens is 264 g/mol. The summed E-state index contributed by atoms with van der Waals surface area (Å²) in [4.78, 5) is 11.8. The molecule has 0 aromatic carbocycles. The van der Waals surface area contributed by atoms with Gasteiger partial charge in [-0.15, -0.1) is 0 Å². The van der Waals surface area contributed by atoms with E-state index in [0.717, 1.165) is 6.26 Å². The molecule has 1 aromatic rings. The molecule has 0 spiro atoms. The highest BCUT2D eigenvalue weighted by molar-refractivity contribution is 7.92. The van der Waals surface area contributed by atoms with Crippen LogP contribution in [-0.4, -0.2) is 35.5 Å². The van der Waals surface area contributed by atoms with Gasteiger partial charge in [-0.05, 0) is 13.8 Å². The van der Waals surface area contributed by atoms with E-state index in [9.17, 15) is 13.2 Å². The van der Waals surface area contributed by atoms with E-state index in [2.05, 4.69) is 5.10 Å². The first-order valence-corrected chi connectivity index (χ1v) is 7.37. The molecule has 0 N–H and O–H groups in total. The van der Waals surface area contributed by atoms with Gasteiger partial charge in [0, 0.05) is 25.3 Å². The van der Waals surface area contributed by atoms with Crippen LogP contribution in [0.15, 0.2) is 0 Å². The molecule has 0 radical (unpaired) electrons. The fraction of sp³-hybridized carbons (Fsp3) is 0.600. The third kappa shape index (κ3) is 3.07. The monoisotopic (exact) mass is 278 g/mol. The molecule has 7 heteroatoms. The van der Waals surface area contributed by atoms with Crippen molar-refractivity contribution in [2.24, 2.45) is 7.05 Å². The number of sulfone groups is 1. The molecule has 1 aromatic heterocycles. The minimum atomic E-state index is -3.36. The lowest BCUT2D eigenvalue weighted by atomic mass is 10.1. The van der Waals surface area contributed by atoms with Crippen molar-refractivity contribution in [3.63, 3.8) is 0 Å². The highest BCUT2D eigenvalue weighted by atomic mass is 35.5. The van der Waals surface area contributed by atoms with Crippen molar-refractivity contribution in [2.75, 3.05) is 6.26 Å². The van der Waals surface area contributed by atoms with Crippen molar-refractivity contribution >= 4 is 27.2 Å². The van der Waals surface area contributed by atoms with Gasteiger partial charge in [-0.1, -0.05) is 11.6 Å². The number of Topliss-reactive ketones (excluding diaryl/α,β-unsaturated/α-hetero) is 1. The number of aromatic nitrogens is 2. The Hall–Kier alpha value is -0.880. The van der Waals surface area contributed by atoms with E-state index in [0.29, 0.717) is 16.4 Å². The van der Waals surface area contributed by atoms with Crippen molar-refractivity contribution in [3.8, 4) is 0 Å². The molecule has 1 atom stereocenters. The predicted molar refractivity (Wildman–Crippen MR) is 66.0 cm³/mol. The minimum absolute atomic E-state index is 0.00720. The van der Waals surface area contributed by atoms with Gasteiger partial charge in [-0.25, -0.2) is 8.42 Å². The van der Waals surface area contributed by atoms with Gasteiger partial charge in [-0.2, -0.15) is 5.10 Å². The van der Waals surface area contributed by atoms with Gasteiger partial charge in [0.25, 0.3) is 0 Å². The minimum Gasteiger partial charge on any atom is -0.298 e. The van der Waals surface area contributed by atoms with Crippen LogP contribution in [0.3, 0.4) is 0 Å². The van der Waals surface area contributed by atoms with Gasteiger partial charge >= 0.3 is 0 Å². The van der Waals surface area contributed by atoms with E-state index < -0.39 is 15.1 Å². The Labute approximate surface area is 106 Å². The molecule has 0 saturated carbocycles. The predicted octanol–water partition coefficient (Wildman–Crippen LogP) is 0.927. The normalized spacial score (nSPS) is 13.7. The number of ketones is 1. The van der Waals surface area contributed by atoms with Gasteiger partial charge in [-0.3, -0.25) is 9.48 Å². The lowest BCUT2D eigenvalue weighted by Gasteiger charge is -2.07. The maximum absolute atomic E-state index is 11.8. The lowest BCUT2D eigenvalue weighted by molar-refractivity contribution is -0.117. The summed E-state index contributed by atoms with van der Waals surface area (Å²) in [5.74, 6) is -0.370. The summed E-state index contributed by atoms with van der Waals surface area (Å²) in [6, 6.07) is 0. The molecule has 17 heavy (non-hydrogen) atoms. The molecule has 0 fully saturated rings. The van der Waals surface area contributed by atoms with Crippen LogP contribution in [0.4, 0.5) is 0 Å². The molecular formula is C10H15ClN2O3S. The van der Waals surface area contributed by atoms with Crippen LogP contribution in [0.5, 0.6) is 0 Å². The maximum atomic E-state index is 11.8. The van der Waals surface area contributed by atoms with Gasteiger partial charge in [0.2, 0.25) is 0 Å². The van der Waals surface area contributed by atoms with Crippen molar-refractivity contribution in [2.45, 2.75) is 25.5 Å². The second-order valence-corrected chi connectivity index (χ2v) is 6.82. The number of aryl methyl sites for hydroxylation is 2. The van der Waals surface area contributed by atoms with E-state index in [1.165, 1.54) is 11.6 Å². The van der Waals surface area contributed by atoms with E-state index in [1.54, 1.807) is 14.0 Å².